The number of hydrogen-bond donors (Lipinski definition) is 1. The maximum Gasteiger partial charge on any atom is 0.223 e. The van der Waals surface area contributed by atoms with Gasteiger partial charge in [0.15, 0.2) is 0 Å². The van der Waals surface area contributed by atoms with Crippen molar-refractivity contribution in [2.24, 2.45) is 0 Å². The van der Waals surface area contributed by atoms with E-state index in [-0.39, 0.29) is 0 Å². The summed E-state index contributed by atoms with van der Waals surface area (Å²) in [6, 6.07) is 7.40. The van der Waals surface area contributed by atoms with Crippen molar-refractivity contribution in [3.63, 3.8) is 0 Å². The van der Waals surface area contributed by atoms with E-state index in [9.17, 15) is 0 Å². The van der Waals surface area contributed by atoms with Gasteiger partial charge < -0.3 is 10.1 Å². The van der Waals surface area contributed by atoms with Crippen LogP contribution in [-0.2, 0) is 0 Å². The van der Waals surface area contributed by atoms with Gasteiger partial charge in [0.25, 0.3) is 0 Å². The van der Waals surface area contributed by atoms with Crippen molar-refractivity contribution in [2.75, 3.05) is 19.0 Å². The van der Waals surface area contributed by atoms with Crippen LogP contribution in [0.4, 0.5) is 5.95 Å². The molecule has 0 radical (unpaired) electrons. The largest absolute Gasteiger partial charge is 0.481 e. The number of hydrogen-bond acceptors (Lipinski definition) is 5. The molecule has 0 spiro atoms. The van der Waals surface area contributed by atoms with Crippen molar-refractivity contribution in [3.8, 4) is 17.3 Å². The average Bonchev–Trinajstić information content (AvgIpc) is 2.40. The molecule has 0 amide bonds. The minimum Gasteiger partial charge on any atom is -0.481 e. The molecule has 0 unspecified atom stereocenters. The van der Waals surface area contributed by atoms with Gasteiger partial charge in [-0.05, 0) is 19.1 Å². The van der Waals surface area contributed by atoms with Gasteiger partial charge in [0.05, 0.1) is 18.5 Å². The fourth-order valence-electron chi connectivity index (χ4n) is 1.42. The number of methoxy groups -OCH3 is 1. The molecule has 5 nitrogen and oxygen atoms in total. The summed E-state index contributed by atoms with van der Waals surface area (Å²) in [5.74, 6) is 1.18. The third-order valence-corrected chi connectivity index (χ3v) is 2.19. The Kier molecular flexibility index (Phi) is 3.49. The molecule has 2 rings (SSSR count). The van der Waals surface area contributed by atoms with E-state index in [1.54, 1.807) is 19.4 Å². The van der Waals surface area contributed by atoms with Gasteiger partial charge in [0.1, 0.15) is 0 Å². The van der Waals surface area contributed by atoms with Crippen molar-refractivity contribution < 1.29 is 4.74 Å². The molecule has 88 valence electrons. The molecular weight excluding hydrogens is 216 g/mol. The maximum absolute atomic E-state index is 5.08. The first-order valence-electron chi connectivity index (χ1n) is 5.42. The number of aromatic nitrogens is 3. The van der Waals surface area contributed by atoms with Crippen molar-refractivity contribution >= 4 is 5.95 Å². The van der Waals surface area contributed by atoms with E-state index in [1.807, 2.05) is 25.1 Å². The zero-order valence-corrected chi connectivity index (χ0v) is 9.84. The van der Waals surface area contributed by atoms with E-state index in [4.69, 9.17) is 4.74 Å². The predicted molar refractivity (Wildman–Crippen MR) is 66.0 cm³/mol. The number of pyridine rings is 1. The van der Waals surface area contributed by atoms with Crippen molar-refractivity contribution in [2.45, 2.75) is 6.92 Å². The highest BCUT2D eigenvalue weighted by Crippen LogP contribution is 2.17. The molecule has 0 fully saturated rings. The van der Waals surface area contributed by atoms with Crippen molar-refractivity contribution in [1.82, 2.24) is 15.0 Å². The number of anilines is 1. The molecule has 0 aliphatic carbocycles. The molecular formula is C12H14N4O. The van der Waals surface area contributed by atoms with Crippen LogP contribution >= 0.6 is 0 Å². The summed E-state index contributed by atoms with van der Waals surface area (Å²) >= 11 is 0. The molecule has 0 aliphatic heterocycles. The highest BCUT2D eigenvalue weighted by atomic mass is 16.5. The Hall–Kier alpha value is -2.17. The fourth-order valence-corrected chi connectivity index (χ4v) is 1.42. The smallest absolute Gasteiger partial charge is 0.223 e. The Morgan fingerprint density at radius 1 is 1.18 bits per heavy atom. The molecule has 2 aromatic heterocycles. The van der Waals surface area contributed by atoms with Gasteiger partial charge in [-0.25, -0.2) is 15.0 Å². The molecule has 1 N–H and O–H groups in total. The first-order valence-corrected chi connectivity index (χ1v) is 5.42. The lowest BCUT2D eigenvalue weighted by Crippen LogP contribution is -2.02. The van der Waals surface area contributed by atoms with E-state index in [0.717, 1.165) is 17.9 Å². The van der Waals surface area contributed by atoms with Crippen LogP contribution in [0.5, 0.6) is 5.88 Å². The van der Waals surface area contributed by atoms with Crippen LogP contribution in [0.3, 0.4) is 0 Å². The fraction of sp³-hybridized carbons (Fsp3) is 0.250. The van der Waals surface area contributed by atoms with Crippen LogP contribution in [0.1, 0.15) is 6.92 Å². The minimum absolute atomic E-state index is 0.575. The SMILES string of the molecule is CCNc1nccc(-c2cccc(OC)n2)n1. The molecule has 0 saturated carbocycles. The second-order valence-corrected chi connectivity index (χ2v) is 3.36. The van der Waals surface area contributed by atoms with Crippen LogP contribution in [-0.4, -0.2) is 28.6 Å². The standard InChI is InChI=1S/C12H14N4O/c1-3-13-12-14-8-7-10(16-12)9-5-4-6-11(15-9)17-2/h4-8H,3H2,1-2H3,(H,13,14,16). The third-order valence-electron chi connectivity index (χ3n) is 2.19. The molecule has 0 atom stereocenters. The Balaban J connectivity index is 2.34. The quantitative estimate of drug-likeness (QED) is 0.870. The van der Waals surface area contributed by atoms with E-state index < -0.39 is 0 Å². The molecule has 5 heteroatoms. The van der Waals surface area contributed by atoms with E-state index in [2.05, 4.69) is 20.3 Å². The van der Waals surface area contributed by atoms with Gasteiger partial charge in [0, 0.05) is 18.8 Å². The van der Waals surface area contributed by atoms with Crippen LogP contribution < -0.4 is 10.1 Å². The zero-order valence-electron chi connectivity index (χ0n) is 9.84. The molecule has 2 aromatic rings. The summed E-state index contributed by atoms with van der Waals surface area (Å²) in [6.07, 6.45) is 1.71. The summed E-state index contributed by atoms with van der Waals surface area (Å²) in [4.78, 5) is 12.8. The minimum atomic E-state index is 0.575. The van der Waals surface area contributed by atoms with E-state index >= 15 is 0 Å². The Labute approximate surface area is 99.9 Å². The zero-order chi connectivity index (χ0) is 12.1. The number of rotatable bonds is 4. The van der Waals surface area contributed by atoms with Gasteiger partial charge in [-0.2, -0.15) is 0 Å². The summed E-state index contributed by atoms with van der Waals surface area (Å²) < 4.78 is 5.08. The lowest BCUT2D eigenvalue weighted by molar-refractivity contribution is 0.398. The molecule has 0 saturated heterocycles. The summed E-state index contributed by atoms with van der Waals surface area (Å²) in [7, 11) is 1.59. The second-order valence-electron chi connectivity index (χ2n) is 3.36. The van der Waals surface area contributed by atoms with Crippen LogP contribution in [0.15, 0.2) is 30.5 Å². The first-order chi connectivity index (χ1) is 8.33. The molecule has 2 heterocycles. The predicted octanol–water partition coefficient (Wildman–Crippen LogP) is 1.98. The number of ether oxygens (including phenoxy) is 1. The number of nitrogens with zero attached hydrogens (tertiary/aromatic N) is 3. The monoisotopic (exact) mass is 230 g/mol. The summed E-state index contributed by atoms with van der Waals surface area (Å²) in [5, 5.41) is 3.07. The Morgan fingerprint density at radius 3 is 2.76 bits per heavy atom. The highest BCUT2D eigenvalue weighted by molar-refractivity contribution is 5.55. The third kappa shape index (κ3) is 2.69. The van der Waals surface area contributed by atoms with Crippen molar-refractivity contribution in [1.29, 1.82) is 0 Å². The topological polar surface area (TPSA) is 59.9 Å². The molecule has 0 aliphatic rings. The Bertz CT molecular complexity index is 501. The van der Waals surface area contributed by atoms with Crippen molar-refractivity contribution in [3.05, 3.63) is 30.5 Å². The first kappa shape index (κ1) is 11.3. The maximum atomic E-state index is 5.08. The van der Waals surface area contributed by atoms with Crippen LogP contribution in [0.2, 0.25) is 0 Å². The Morgan fingerprint density at radius 2 is 2.00 bits per heavy atom. The second kappa shape index (κ2) is 5.25. The average molecular weight is 230 g/mol. The molecule has 0 bridgehead atoms. The normalized spacial score (nSPS) is 10.0. The lowest BCUT2D eigenvalue weighted by atomic mass is 10.2. The lowest BCUT2D eigenvalue weighted by Gasteiger charge is -2.05. The van der Waals surface area contributed by atoms with Gasteiger partial charge in [-0.1, -0.05) is 6.07 Å². The van der Waals surface area contributed by atoms with Crippen LogP contribution in [0.25, 0.3) is 11.4 Å². The molecule has 0 aromatic carbocycles. The van der Waals surface area contributed by atoms with Gasteiger partial charge in [-0.3, -0.25) is 0 Å². The summed E-state index contributed by atoms with van der Waals surface area (Å²) in [6.45, 7) is 2.79. The van der Waals surface area contributed by atoms with Gasteiger partial charge in [0.2, 0.25) is 11.8 Å². The van der Waals surface area contributed by atoms with E-state index in [1.165, 1.54) is 0 Å². The van der Waals surface area contributed by atoms with Gasteiger partial charge >= 0.3 is 0 Å². The summed E-state index contributed by atoms with van der Waals surface area (Å²) in [5.41, 5.74) is 1.54. The number of nitrogens with one attached hydrogen (secondary N) is 1. The van der Waals surface area contributed by atoms with Crippen LogP contribution in [0, 0.1) is 0 Å². The van der Waals surface area contributed by atoms with E-state index in [0.29, 0.717) is 11.8 Å². The highest BCUT2D eigenvalue weighted by Gasteiger charge is 2.04. The molecule has 17 heavy (non-hydrogen) atoms. The van der Waals surface area contributed by atoms with Gasteiger partial charge in [-0.15, -0.1) is 0 Å².